The smallest absolute Gasteiger partial charge is 0.414 e. The van der Waals surface area contributed by atoms with Crippen LogP contribution in [-0.2, 0) is 16.1 Å². The van der Waals surface area contributed by atoms with Crippen molar-refractivity contribution < 1.29 is 38.8 Å². The van der Waals surface area contributed by atoms with Gasteiger partial charge >= 0.3 is 11.9 Å². The van der Waals surface area contributed by atoms with Gasteiger partial charge in [-0.15, -0.1) is 0 Å². The summed E-state index contributed by atoms with van der Waals surface area (Å²) in [5, 5.41) is 19.3. The van der Waals surface area contributed by atoms with E-state index in [9.17, 15) is 4.79 Å². The van der Waals surface area contributed by atoms with Crippen LogP contribution in [0.5, 0.6) is 17.2 Å². The van der Waals surface area contributed by atoms with Crippen molar-refractivity contribution in [3.63, 3.8) is 0 Å². The Bertz CT molecular complexity index is 1320. The Labute approximate surface area is 225 Å². The van der Waals surface area contributed by atoms with Crippen molar-refractivity contribution in [2.45, 2.75) is 44.7 Å². The van der Waals surface area contributed by atoms with Gasteiger partial charge in [-0.1, -0.05) is 6.07 Å². The summed E-state index contributed by atoms with van der Waals surface area (Å²) in [6.07, 6.45) is 6.63. The van der Waals surface area contributed by atoms with Crippen LogP contribution in [0.25, 0.3) is 10.9 Å². The van der Waals surface area contributed by atoms with E-state index >= 15 is 0 Å². The minimum absolute atomic E-state index is 0.198. The number of hydrogen-bond donors (Lipinski definition) is 3. The lowest BCUT2D eigenvalue weighted by Crippen LogP contribution is -2.33. The summed E-state index contributed by atoms with van der Waals surface area (Å²) >= 11 is 0. The van der Waals surface area contributed by atoms with Crippen molar-refractivity contribution in [1.82, 2.24) is 10.3 Å². The van der Waals surface area contributed by atoms with Gasteiger partial charge in [0.05, 0.1) is 12.6 Å². The molecule has 2 aliphatic rings. The van der Waals surface area contributed by atoms with Crippen LogP contribution in [0.1, 0.15) is 48.0 Å². The molecule has 0 bridgehead atoms. The predicted molar refractivity (Wildman–Crippen MR) is 143 cm³/mol. The van der Waals surface area contributed by atoms with Crippen molar-refractivity contribution in [3.8, 4) is 17.2 Å². The van der Waals surface area contributed by atoms with Gasteiger partial charge < -0.3 is 29.7 Å². The number of rotatable bonds is 7. The van der Waals surface area contributed by atoms with E-state index in [0.717, 1.165) is 65.9 Å². The van der Waals surface area contributed by atoms with Crippen LogP contribution >= 0.6 is 0 Å². The summed E-state index contributed by atoms with van der Waals surface area (Å²) in [4.78, 5) is 35.7. The number of pyridine rings is 1. The predicted octanol–water partition coefficient (Wildman–Crippen LogP) is 4.09. The van der Waals surface area contributed by atoms with Crippen molar-refractivity contribution in [3.05, 3.63) is 59.8 Å². The van der Waals surface area contributed by atoms with Gasteiger partial charge in [-0.05, 0) is 73.6 Å². The van der Waals surface area contributed by atoms with E-state index in [-0.39, 0.29) is 5.78 Å². The standard InChI is InChI=1S/C27H30N2O4.C2H2O4/c1-31-21-7-8-24-23(16-21)22(10-11-28-24)25(30)14-18-2-5-20(6-3-18)29-17-19-4-9-26-27(15-19)33-13-12-32-26;3-1(4)2(5)6/h4,7-11,15-16,18,20,29H,2-3,5-6,12-14,17H2,1H3;(H,3,4)(H,5,6). The monoisotopic (exact) mass is 536 g/mol. The third-order valence-corrected chi connectivity index (χ3v) is 6.95. The Morgan fingerprint density at radius 2 is 1.67 bits per heavy atom. The number of nitrogens with zero attached hydrogens (tertiary/aromatic N) is 1. The first kappa shape index (κ1) is 27.8. The van der Waals surface area contributed by atoms with Gasteiger partial charge in [0, 0.05) is 36.2 Å². The zero-order valence-electron chi connectivity index (χ0n) is 21.7. The van der Waals surface area contributed by atoms with Crippen LogP contribution in [0.2, 0.25) is 0 Å². The zero-order valence-corrected chi connectivity index (χ0v) is 21.7. The van der Waals surface area contributed by atoms with Crippen LogP contribution in [0.15, 0.2) is 48.7 Å². The van der Waals surface area contributed by atoms with E-state index in [1.165, 1.54) is 5.56 Å². The number of hydrogen-bond acceptors (Lipinski definition) is 8. The summed E-state index contributed by atoms with van der Waals surface area (Å²) in [7, 11) is 1.64. The molecule has 1 aromatic heterocycles. The number of benzene rings is 2. The molecular weight excluding hydrogens is 504 g/mol. The molecule has 10 heteroatoms. The molecule has 5 rings (SSSR count). The number of Topliss-reactive ketones (excluding diaryl/α,β-unsaturated/α-hetero) is 1. The molecule has 1 fully saturated rings. The molecule has 0 spiro atoms. The Hall–Kier alpha value is -4.18. The van der Waals surface area contributed by atoms with Crippen molar-refractivity contribution in [1.29, 1.82) is 0 Å². The van der Waals surface area contributed by atoms with Crippen molar-refractivity contribution in [2.75, 3.05) is 20.3 Å². The van der Waals surface area contributed by atoms with Gasteiger partial charge in [0.2, 0.25) is 0 Å². The van der Waals surface area contributed by atoms with E-state index in [1.54, 1.807) is 13.3 Å². The maximum atomic E-state index is 13.1. The molecule has 206 valence electrons. The maximum absolute atomic E-state index is 13.1. The highest BCUT2D eigenvalue weighted by Gasteiger charge is 2.24. The van der Waals surface area contributed by atoms with Crippen molar-refractivity contribution >= 4 is 28.6 Å². The highest BCUT2D eigenvalue weighted by molar-refractivity contribution is 6.27. The molecule has 0 radical (unpaired) electrons. The number of aromatic nitrogens is 1. The molecular formula is C29H32N2O8. The summed E-state index contributed by atoms with van der Waals surface area (Å²) in [6.45, 7) is 2.03. The lowest BCUT2D eigenvalue weighted by molar-refractivity contribution is -0.159. The van der Waals surface area contributed by atoms with Gasteiger partial charge in [-0.25, -0.2) is 9.59 Å². The zero-order chi connectivity index (χ0) is 27.8. The molecule has 1 aliphatic heterocycles. The van der Waals surface area contributed by atoms with E-state index < -0.39 is 11.9 Å². The summed E-state index contributed by atoms with van der Waals surface area (Å²) in [5.41, 5.74) is 2.78. The highest BCUT2D eigenvalue weighted by Crippen LogP contribution is 2.32. The lowest BCUT2D eigenvalue weighted by atomic mass is 9.82. The number of nitrogens with one attached hydrogen (secondary N) is 1. The van der Waals surface area contributed by atoms with E-state index in [2.05, 4.69) is 22.4 Å². The minimum Gasteiger partial charge on any atom is -0.497 e. The number of ketones is 1. The molecule has 0 unspecified atom stereocenters. The Morgan fingerprint density at radius 1 is 0.949 bits per heavy atom. The number of carboxylic acid groups (broad SMARTS) is 2. The number of methoxy groups -OCH3 is 1. The summed E-state index contributed by atoms with van der Waals surface area (Å²) < 4.78 is 16.6. The van der Waals surface area contributed by atoms with Crippen LogP contribution in [0.3, 0.4) is 0 Å². The largest absolute Gasteiger partial charge is 0.497 e. The third-order valence-electron chi connectivity index (χ3n) is 6.95. The van der Waals surface area contributed by atoms with E-state index in [4.69, 9.17) is 34.0 Å². The van der Waals surface area contributed by atoms with Gasteiger partial charge in [0.1, 0.15) is 19.0 Å². The number of carbonyl (C=O) groups excluding carboxylic acids is 1. The van der Waals surface area contributed by atoms with Crippen LogP contribution in [-0.4, -0.2) is 59.3 Å². The van der Waals surface area contributed by atoms with Crippen molar-refractivity contribution in [2.24, 2.45) is 5.92 Å². The van der Waals surface area contributed by atoms with Gasteiger partial charge in [0.25, 0.3) is 0 Å². The number of carboxylic acids is 2. The summed E-state index contributed by atoms with van der Waals surface area (Å²) in [6, 6.07) is 14.2. The lowest BCUT2D eigenvalue weighted by Gasteiger charge is -2.29. The second-order valence-electron chi connectivity index (χ2n) is 9.56. The topological polar surface area (TPSA) is 144 Å². The normalized spacial score (nSPS) is 18.0. The second kappa shape index (κ2) is 13.1. The SMILES string of the molecule is COc1ccc2nccc(C(=O)CC3CCC(NCc4ccc5c(c4)OCCO5)CC3)c2c1.O=C(O)C(=O)O. The first-order chi connectivity index (χ1) is 18.8. The molecule has 1 saturated carbocycles. The average molecular weight is 537 g/mol. The molecule has 3 N–H and O–H groups in total. The number of fused-ring (bicyclic) bond motifs is 2. The molecule has 39 heavy (non-hydrogen) atoms. The fourth-order valence-corrected chi connectivity index (χ4v) is 4.90. The fourth-order valence-electron chi connectivity index (χ4n) is 4.90. The Kier molecular flexibility index (Phi) is 9.32. The van der Waals surface area contributed by atoms with Crippen LogP contribution in [0, 0.1) is 5.92 Å². The van der Waals surface area contributed by atoms with Gasteiger partial charge in [-0.2, -0.15) is 0 Å². The minimum atomic E-state index is -1.82. The molecule has 0 saturated heterocycles. The summed E-state index contributed by atoms with van der Waals surface area (Å²) in [5.74, 6) is -0.610. The van der Waals surface area contributed by atoms with E-state index in [1.807, 2.05) is 30.3 Å². The molecule has 2 heterocycles. The molecule has 0 amide bonds. The number of aliphatic carboxylic acids is 2. The molecule has 2 aromatic carbocycles. The molecule has 1 aliphatic carbocycles. The Balaban J connectivity index is 0.000000531. The fraction of sp³-hybridized carbons (Fsp3) is 0.379. The van der Waals surface area contributed by atoms with Gasteiger partial charge in [-0.3, -0.25) is 9.78 Å². The highest BCUT2D eigenvalue weighted by atomic mass is 16.6. The first-order valence-electron chi connectivity index (χ1n) is 12.9. The molecule has 3 aromatic rings. The maximum Gasteiger partial charge on any atom is 0.414 e. The molecule has 0 atom stereocenters. The first-order valence-corrected chi connectivity index (χ1v) is 12.9. The Morgan fingerprint density at radius 3 is 2.36 bits per heavy atom. The average Bonchev–Trinajstić information content (AvgIpc) is 2.96. The van der Waals surface area contributed by atoms with Gasteiger partial charge in [0.15, 0.2) is 17.3 Å². The second-order valence-corrected chi connectivity index (χ2v) is 9.56. The molecule has 10 nitrogen and oxygen atoms in total. The number of ether oxygens (including phenoxy) is 3. The van der Waals surface area contributed by atoms with Crippen LogP contribution < -0.4 is 19.5 Å². The van der Waals surface area contributed by atoms with Crippen LogP contribution in [0.4, 0.5) is 0 Å². The third kappa shape index (κ3) is 7.44. The van der Waals surface area contributed by atoms with E-state index in [0.29, 0.717) is 31.6 Å². The quantitative estimate of drug-likeness (QED) is 0.298. The number of carbonyl (C=O) groups is 3.